The standard InChI is InChI=1S/C15H20Br2N2O.ClH/c1-5-15(20)19(10-11(2)9-18(3)4)12-6-7-13(16)14(17)8-12;/h5-8,11H,1,9-10H2,2-4H3;1H. The molecule has 0 saturated carbocycles. The van der Waals surface area contributed by atoms with Crippen LogP contribution >= 0.6 is 44.3 Å². The van der Waals surface area contributed by atoms with Crippen LogP contribution in [-0.2, 0) is 4.79 Å². The van der Waals surface area contributed by atoms with Gasteiger partial charge in [-0.25, -0.2) is 0 Å². The monoisotopic (exact) mass is 438 g/mol. The molecule has 1 aromatic carbocycles. The van der Waals surface area contributed by atoms with E-state index in [4.69, 9.17) is 0 Å². The molecular formula is C15H21Br2ClN2O. The fourth-order valence-corrected chi connectivity index (χ4v) is 2.69. The van der Waals surface area contributed by atoms with Gasteiger partial charge in [0.05, 0.1) is 0 Å². The first-order valence-electron chi connectivity index (χ1n) is 6.38. The van der Waals surface area contributed by atoms with Crippen LogP contribution in [0.2, 0.25) is 0 Å². The van der Waals surface area contributed by atoms with Crippen molar-refractivity contribution < 1.29 is 4.79 Å². The van der Waals surface area contributed by atoms with Crippen LogP contribution in [0.25, 0.3) is 0 Å². The van der Waals surface area contributed by atoms with E-state index in [1.165, 1.54) is 6.08 Å². The lowest BCUT2D eigenvalue weighted by Gasteiger charge is -2.27. The minimum atomic E-state index is -0.0789. The largest absolute Gasteiger partial charge is 0.309 e. The second-order valence-electron chi connectivity index (χ2n) is 5.12. The van der Waals surface area contributed by atoms with E-state index in [0.29, 0.717) is 12.5 Å². The van der Waals surface area contributed by atoms with Crippen LogP contribution in [0.15, 0.2) is 39.8 Å². The zero-order valence-corrected chi connectivity index (χ0v) is 16.5. The lowest BCUT2D eigenvalue weighted by molar-refractivity contribution is -0.114. The molecule has 0 aliphatic heterocycles. The quantitative estimate of drug-likeness (QED) is 0.614. The number of benzene rings is 1. The fraction of sp³-hybridized carbons (Fsp3) is 0.400. The van der Waals surface area contributed by atoms with Crippen LogP contribution in [0.3, 0.4) is 0 Å². The number of carbonyl (C=O) groups is 1. The Morgan fingerprint density at radius 1 is 1.29 bits per heavy atom. The zero-order valence-electron chi connectivity index (χ0n) is 12.5. The van der Waals surface area contributed by atoms with Crippen LogP contribution in [0.1, 0.15) is 6.92 Å². The molecule has 0 heterocycles. The summed E-state index contributed by atoms with van der Waals surface area (Å²) < 4.78 is 1.89. The van der Waals surface area contributed by atoms with Crippen molar-refractivity contribution in [1.82, 2.24) is 4.90 Å². The van der Waals surface area contributed by atoms with Gasteiger partial charge in [0.2, 0.25) is 5.91 Å². The highest BCUT2D eigenvalue weighted by Crippen LogP contribution is 2.28. The van der Waals surface area contributed by atoms with Crippen LogP contribution in [-0.4, -0.2) is 38.0 Å². The first kappa shape index (κ1) is 20.6. The van der Waals surface area contributed by atoms with Crippen LogP contribution in [0.5, 0.6) is 0 Å². The molecule has 0 bridgehead atoms. The van der Waals surface area contributed by atoms with Crippen LogP contribution < -0.4 is 4.90 Å². The Morgan fingerprint density at radius 3 is 2.38 bits per heavy atom. The average Bonchev–Trinajstić information content (AvgIpc) is 2.37. The number of amides is 1. The molecule has 1 unspecified atom stereocenters. The maximum Gasteiger partial charge on any atom is 0.250 e. The predicted octanol–water partition coefficient (Wildman–Crippen LogP) is 4.35. The van der Waals surface area contributed by atoms with Gasteiger partial charge in [-0.1, -0.05) is 13.5 Å². The zero-order chi connectivity index (χ0) is 15.3. The van der Waals surface area contributed by atoms with Crippen molar-refractivity contribution in [1.29, 1.82) is 0 Å². The molecule has 1 atom stereocenters. The van der Waals surface area contributed by atoms with Gasteiger partial charge < -0.3 is 9.80 Å². The van der Waals surface area contributed by atoms with E-state index in [1.54, 1.807) is 4.90 Å². The lowest BCUT2D eigenvalue weighted by Crippen LogP contribution is -2.36. The Kier molecular flexibility index (Phi) is 9.45. The lowest BCUT2D eigenvalue weighted by atomic mass is 10.1. The number of hydrogen-bond donors (Lipinski definition) is 0. The van der Waals surface area contributed by atoms with Crippen molar-refractivity contribution >= 4 is 55.9 Å². The molecule has 0 spiro atoms. The SMILES string of the molecule is C=CC(=O)N(CC(C)CN(C)C)c1ccc(Br)c(Br)c1.Cl. The molecule has 21 heavy (non-hydrogen) atoms. The molecule has 1 amide bonds. The second-order valence-corrected chi connectivity index (χ2v) is 6.83. The normalized spacial score (nSPS) is 11.7. The summed E-state index contributed by atoms with van der Waals surface area (Å²) in [5.41, 5.74) is 0.871. The Hall–Kier alpha value is -0.360. The Morgan fingerprint density at radius 2 is 1.90 bits per heavy atom. The smallest absolute Gasteiger partial charge is 0.250 e. The van der Waals surface area contributed by atoms with Gasteiger partial charge in [-0.05, 0) is 76.1 Å². The molecule has 3 nitrogen and oxygen atoms in total. The van der Waals surface area contributed by atoms with Crippen LogP contribution in [0.4, 0.5) is 5.69 Å². The molecule has 6 heteroatoms. The molecule has 1 aromatic rings. The van der Waals surface area contributed by atoms with E-state index in [1.807, 2.05) is 32.3 Å². The summed E-state index contributed by atoms with van der Waals surface area (Å²) in [6.45, 7) is 7.32. The van der Waals surface area contributed by atoms with Crippen molar-refractivity contribution in [2.24, 2.45) is 5.92 Å². The van der Waals surface area contributed by atoms with Crippen molar-refractivity contribution in [3.8, 4) is 0 Å². The number of halogens is 3. The van der Waals surface area contributed by atoms with Crippen molar-refractivity contribution in [3.63, 3.8) is 0 Å². The molecule has 0 radical (unpaired) electrons. The van der Waals surface area contributed by atoms with Gasteiger partial charge in [-0.2, -0.15) is 0 Å². The van der Waals surface area contributed by atoms with Gasteiger partial charge in [-0.15, -0.1) is 12.4 Å². The average molecular weight is 441 g/mol. The molecule has 0 aliphatic rings. The van der Waals surface area contributed by atoms with Gasteiger partial charge in [0, 0.05) is 27.7 Å². The van der Waals surface area contributed by atoms with E-state index in [-0.39, 0.29) is 18.3 Å². The maximum atomic E-state index is 12.1. The van der Waals surface area contributed by atoms with Gasteiger partial charge >= 0.3 is 0 Å². The summed E-state index contributed by atoms with van der Waals surface area (Å²) in [5.74, 6) is 0.293. The topological polar surface area (TPSA) is 23.6 Å². The number of nitrogens with zero attached hydrogens (tertiary/aromatic N) is 2. The third kappa shape index (κ3) is 6.51. The Labute approximate surface area is 150 Å². The number of carbonyl (C=O) groups excluding carboxylic acids is 1. The molecule has 0 fully saturated rings. The van der Waals surface area contributed by atoms with E-state index >= 15 is 0 Å². The second kappa shape index (κ2) is 9.62. The van der Waals surface area contributed by atoms with Crippen molar-refractivity contribution in [2.75, 3.05) is 32.1 Å². The van der Waals surface area contributed by atoms with Gasteiger partial charge in [0.25, 0.3) is 0 Å². The summed E-state index contributed by atoms with van der Waals surface area (Å²) in [4.78, 5) is 16.0. The summed E-state index contributed by atoms with van der Waals surface area (Å²) >= 11 is 6.91. The number of anilines is 1. The first-order chi connectivity index (χ1) is 9.35. The molecule has 1 rings (SSSR count). The highest BCUT2D eigenvalue weighted by Gasteiger charge is 2.17. The van der Waals surface area contributed by atoms with Gasteiger partial charge in [-0.3, -0.25) is 4.79 Å². The van der Waals surface area contributed by atoms with Gasteiger partial charge in [0.1, 0.15) is 0 Å². The third-order valence-electron chi connectivity index (χ3n) is 2.83. The number of hydrogen-bond acceptors (Lipinski definition) is 2. The summed E-state index contributed by atoms with van der Waals surface area (Å²) in [6.07, 6.45) is 1.36. The molecular weight excluding hydrogens is 419 g/mol. The first-order valence-corrected chi connectivity index (χ1v) is 7.97. The highest BCUT2D eigenvalue weighted by atomic mass is 79.9. The Balaban J connectivity index is 0.00000400. The summed E-state index contributed by atoms with van der Waals surface area (Å²) in [6, 6.07) is 5.80. The minimum absolute atomic E-state index is 0. The van der Waals surface area contributed by atoms with Gasteiger partial charge in [0.15, 0.2) is 0 Å². The minimum Gasteiger partial charge on any atom is -0.309 e. The van der Waals surface area contributed by atoms with E-state index < -0.39 is 0 Å². The molecule has 0 N–H and O–H groups in total. The van der Waals surface area contributed by atoms with Crippen molar-refractivity contribution in [2.45, 2.75) is 6.92 Å². The van der Waals surface area contributed by atoms with Crippen molar-refractivity contribution in [3.05, 3.63) is 39.8 Å². The van der Waals surface area contributed by atoms with Crippen LogP contribution in [0, 0.1) is 5.92 Å². The third-order valence-corrected chi connectivity index (χ3v) is 4.71. The molecule has 0 aromatic heterocycles. The highest BCUT2D eigenvalue weighted by molar-refractivity contribution is 9.13. The fourth-order valence-electron chi connectivity index (χ4n) is 2.08. The number of rotatable bonds is 6. The Bertz CT molecular complexity index is 495. The maximum absolute atomic E-state index is 12.1. The molecule has 0 saturated heterocycles. The van der Waals surface area contributed by atoms with E-state index in [9.17, 15) is 4.79 Å². The summed E-state index contributed by atoms with van der Waals surface area (Å²) in [5, 5.41) is 0. The molecule has 118 valence electrons. The van der Waals surface area contributed by atoms with E-state index in [0.717, 1.165) is 21.2 Å². The predicted molar refractivity (Wildman–Crippen MR) is 99.4 cm³/mol. The summed E-state index contributed by atoms with van der Waals surface area (Å²) in [7, 11) is 4.07. The molecule has 0 aliphatic carbocycles. The van der Waals surface area contributed by atoms with E-state index in [2.05, 4.69) is 50.3 Å².